The van der Waals surface area contributed by atoms with Crippen molar-refractivity contribution in [3.05, 3.63) is 48.0 Å². The molecule has 0 atom stereocenters. The van der Waals surface area contributed by atoms with Gasteiger partial charge in [0.1, 0.15) is 5.76 Å². The third-order valence-electron chi connectivity index (χ3n) is 1.86. The highest BCUT2D eigenvalue weighted by Gasteiger charge is 2.14. The zero-order valence-corrected chi connectivity index (χ0v) is 6.04. The van der Waals surface area contributed by atoms with E-state index in [-0.39, 0.29) is 0 Å². The molecular weight excluding hydrogens is 136 g/mol. The van der Waals surface area contributed by atoms with Crippen LogP contribution in [0.5, 0.6) is 0 Å². The van der Waals surface area contributed by atoms with Crippen LogP contribution in [0.4, 0.5) is 0 Å². The van der Waals surface area contributed by atoms with Gasteiger partial charge < -0.3 is 5.11 Å². The molecule has 1 nitrogen and oxygen atoms in total. The van der Waals surface area contributed by atoms with Crippen LogP contribution in [0.3, 0.4) is 0 Å². The van der Waals surface area contributed by atoms with Gasteiger partial charge in [0.2, 0.25) is 0 Å². The molecule has 1 aliphatic carbocycles. The molecule has 0 amide bonds. The van der Waals surface area contributed by atoms with Crippen molar-refractivity contribution in [3.63, 3.8) is 0 Å². The lowest BCUT2D eigenvalue weighted by Gasteiger charge is -1.97. The number of fused-ring (bicyclic) bond motifs is 1. The molecular formula is C10H8O. The van der Waals surface area contributed by atoms with Crippen LogP contribution in [0, 0.1) is 0 Å². The SMILES string of the molecule is C=C1C=C(O)c2ccccc21. The van der Waals surface area contributed by atoms with E-state index in [1.165, 1.54) is 0 Å². The predicted molar refractivity (Wildman–Crippen MR) is 46.1 cm³/mol. The first-order valence-electron chi connectivity index (χ1n) is 3.48. The van der Waals surface area contributed by atoms with E-state index in [1.807, 2.05) is 24.3 Å². The van der Waals surface area contributed by atoms with Crippen LogP contribution >= 0.6 is 0 Å². The van der Waals surface area contributed by atoms with Crippen LogP contribution in [-0.2, 0) is 0 Å². The Morgan fingerprint density at radius 3 is 2.36 bits per heavy atom. The lowest BCUT2D eigenvalue weighted by molar-refractivity contribution is 0.513. The predicted octanol–water partition coefficient (Wildman–Crippen LogP) is 2.61. The van der Waals surface area contributed by atoms with Crippen LogP contribution in [0.2, 0.25) is 0 Å². The summed E-state index contributed by atoms with van der Waals surface area (Å²) in [4.78, 5) is 0. The van der Waals surface area contributed by atoms with Gasteiger partial charge in [-0.25, -0.2) is 0 Å². The van der Waals surface area contributed by atoms with E-state index in [9.17, 15) is 5.11 Å². The summed E-state index contributed by atoms with van der Waals surface area (Å²) >= 11 is 0. The Bertz CT molecular complexity index is 348. The van der Waals surface area contributed by atoms with Crippen LogP contribution in [0.15, 0.2) is 36.9 Å². The summed E-state index contributed by atoms with van der Waals surface area (Å²) < 4.78 is 0. The maximum absolute atomic E-state index is 9.35. The maximum Gasteiger partial charge on any atom is 0.124 e. The number of aliphatic hydroxyl groups is 1. The molecule has 0 heterocycles. The standard InChI is InChI=1S/C10H8O/c1-7-6-10(11)9-5-3-2-4-8(7)9/h2-6,11H,1H2. The molecule has 0 bridgehead atoms. The first kappa shape index (κ1) is 6.23. The molecule has 1 aromatic rings. The molecule has 0 saturated heterocycles. The van der Waals surface area contributed by atoms with E-state index in [4.69, 9.17) is 0 Å². The summed E-state index contributed by atoms with van der Waals surface area (Å²) in [5.74, 6) is 0.325. The van der Waals surface area contributed by atoms with Gasteiger partial charge in [-0.05, 0) is 17.2 Å². The molecule has 0 radical (unpaired) electrons. The first-order chi connectivity index (χ1) is 5.29. The molecule has 0 fully saturated rings. The Balaban J connectivity index is 2.71. The Morgan fingerprint density at radius 1 is 1.09 bits per heavy atom. The highest BCUT2D eigenvalue weighted by Crippen LogP contribution is 2.31. The normalized spacial score (nSPS) is 14.5. The molecule has 0 saturated carbocycles. The fourth-order valence-electron chi connectivity index (χ4n) is 1.31. The number of benzene rings is 1. The minimum absolute atomic E-state index is 0.325. The lowest BCUT2D eigenvalue weighted by atomic mass is 10.1. The van der Waals surface area contributed by atoms with Gasteiger partial charge in [0.15, 0.2) is 0 Å². The molecule has 1 N–H and O–H groups in total. The van der Waals surface area contributed by atoms with Crippen molar-refractivity contribution in [1.82, 2.24) is 0 Å². The van der Waals surface area contributed by atoms with Gasteiger partial charge in [-0.3, -0.25) is 0 Å². The molecule has 1 aliphatic rings. The van der Waals surface area contributed by atoms with Gasteiger partial charge in [-0.1, -0.05) is 30.8 Å². The summed E-state index contributed by atoms with van der Waals surface area (Å²) in [6.07, 6.45) is 1.69. The topological polar surface area (TPSA) is 20.2 Å². The third-order valence-corrected chi connectivity index (χ3v) is 1.86. The van der Waals surface area contributed by atoms with Crippen molar-refractivity contribution in [1.29, 1.82) is 0 Å². The zero-order chi connectivity index (χ0) is 7.84. The smallest absolute Gasteiger partial charge is 0.124 e. The van der Waals surface area contributed by atoms with Gasteiger partial charge in [0.05, 0.1) is 0 Å². The van der Waals surface area contributed by atoms with Crippen molar-refractivity contribution >= 4 is 11.3 Å². The second kappa shape index (κ2) is 1.99. The van der Waals surface area contributed by atoms with Crippen LogP contribution < -0.4 is 0 Å². The molecule has 2 rings (SSSR count). The molecule has 0 aliphatic heterocycles. The largest absolute Gasteiger partial charge is 0.507 e. The molecule has 0 aromatic heterocycles. The average molecular weight is 144 g/mol. The van der Waals surface area contributed by atoms with Crippen molar-refractivity contribution in [2.24, 2.45) is 0 Å². The quantitative estimate of drug-likeness (QED) is 0.593. The Hall–Kier alpha value is -1.50. The Labute approximate surface area is 65.3 Å². The van der Waals surface area contributed by atoms with Gasteiger partial charge in [-0.15, -0.1) is 0 Å². The molecule has 11 heavy (non-hydrogen) atoms. The van der Waals surface area contributed by atoms with Gasteiger partial charge in [0.25, 0.3) is 0 Å². The van der Waals surface area contributed by atoms with E-state index >= 15 is 0 Å². The number of rotatable bonds is 0. The zero-order valence-electron chi connectivity index (χ0n) is 6.04. The fraction of sp³-hybridized carbons (Fsp3) is 0. The van der Waals surface area contributed by atoms with Crippen molar-refractivity contribution < 1.29 is 5.11 Å². The molecule has 54 valence electrons. The number of hydrogen-bond acceptors (Lipinski definition) is 1. The minimum Gasteiger partial charge on any atom is -0.507 e. The molecule has 1 aromatic carbocycles. The van der Waals surface area contributed by atoms with Crippen molar-refractivity contribution in [2.75, 3.05) is 0 Å². The Morgan fingerprint density at radius 2 is 1.73 bits per heavy atom. The summed E-state index contributed by atoms with van der Waals surface area (Å²) in [6, 6.07) is 7.69. The number of hydrogen-bond donors (Lipinski definition) is 1. The van der Waals surface area contributed by atoms with Gasteiger partial charge >= 0.3 is 0 Å². The highest BCUT2D eigenvalue weighted by molar-refractivity contribution is 5.91. The summed E-state index contributed by atoms with van der Waals surface area (Å²) in [5, 5.41) is 9.35. The number of aliphatic hydroxyl groups excluding tert-OH is 1. The summed E-state index contributed by atoms with van der Waals surface area (Å²) in [5.41, 5.74) is 2.81. The molecule has 1 heteroatoms. The van der Waals surface area contributed by atoms with Crippen molar-refractivity contribution in [2.45, 2.75) is 0 Å². The van der Waals surface area contributed by atoms with Crippen LogP contribution in [-0.4, -0.2) is 5.11 Å². The van der Waals surface area contributed by atoms with Crippen LogP contribution in [0.1, 0.15) is 11.1 Å². The molecule has 0 spiro atoms. The van der Waals surface area contributed by atoms with E-state index in [1.54, 1.807) is 6.08 Å². The molecule has 0 unspecified atom stereocenters. The minimum atomic E-state index is 0.325. The number of allylic oxidation sites excluding steroid dienone is 2. The monoisotopic (exact) mass is 144 g/mol. The summed E-state index contributed by atoms with van der Waals surface area (Å²) in [6.45, 7) is 3.81. The first-order valence-corrected chi connectivity index (χ1v) is 3.48. The van der Waals surface area contributed by atoms with E-state index in [2.05, 4.69) is 6.58 Å². The van der Waals surface area contributed by atoms with Gasteiger partial charge in [0, 0.05) is 5.56 Å². The Kier molecular flexibility index (Phi) is 1.13. The second-order valence-electron chi connectivity index (χ2n) is 2.60. The third kappa shape index (κ3) is 0.777. The van der Waals surface area contributed by atoms with E-state index < -0.39 is 0 Å². The van der Waals surface area contributed by atoms with Crippen molar-refractivity contribution in [3.8, 4) is 0 Å². The second-order valence-corrected chi connectivity index (χ2v) is 2.60. The fourth-order valence-corrected chi connectivity index (χ4v) is 1.31. The lowest BCUT2D eigenvalue weighted by Crippen LogP contribution is -1.80. The van der Waals surface area contributed by atoms with Gasteiger partial charge in [-0.2, -0.15) is 0 Å². The average Bonchev–Trinajstić information content (AvgIpc) is 2.30. The highest BCUT2D eigenvalue weighted by atomic mass is 16.3. The van der Waals surface area contributed by atoms with E-state index in [0.29, 0.717) is 5.76 Å². The van der Waals surface area contributed by atoms with E-state index in [0.717, 1.165) is 16.7 Å². The van der Waals surface area contributed by atoms with Crippen LogP contribution in [0.25, 0.3) is 11.3 Å². The summed E-state index contributed by atoms with van der Waals surface area (Å²) in [7, 11) is 0. The maximum atomic E-state index is 9.35.